The number of aromatic nitrogens is 1. The summed E-state index contributed by atoms with van der Waals surface area (Å²) in [7, 11) is 0. The molecule has 10 amide bonds. The van der Waals surface area contributed by atoms with Crippen molar-refractivity contribution in [3.63, 3.8) is 0 Å². The third-order valence-electron chi connectivity index (χ3n) is 13.6. The highest BCUT2D eigenvalue weighted by Gasteiger charge is 2.40. The lowest BCUT2D eigenvalue weighted by atomic mass is 9.85. The maximum atomic E-state index is 13.7. The van der Waals surface area contributed by atoms with Crippen LogP contribution in [0.15, 0.2) is 10.7 Å². The monoisotopic (exact) mass is 1060 g/mol. The van der Waals surface area contributed by atoms with Crippen molar-refractivity contribution < 1.29 is 57.1 Å². The predicted molar refractivity (Wildman–Crippen MR) is 275 cm³/mol. The minimum atomic E-state index is -1.58. The lowest BCUT2D eigenvalue weighted by molar-refractivity contribution is -0.138. The highest BCUT2D eigenvalue weighted by Crippen LogP contribution is 2.28. The minimum Gasteiger partial charge on any atom is -0.448 e. The van der Waals surface area contributed by atoms with E-state index < -0.39 is 101 Å². The van der Waals surface area contributed by atoms with Gasteiger partial charge < -0.3 is 61.9 Å². The Balaban J connectivity index is 1.24. The Kier molecular flexibility index (Phi) is 23.4. The lowest BCUT2D eigenvalue weighted by Crippen LogP contribution is -2.64. The van der Waals surface area contributed by atoms with Crippen LogP contribution in [0, 0.1) is 18.8 Å². The molecule has 3 fully saturated rings. The lowest BCUT2D eigenvalue weighted by Gasteiger charge is -2.33. The second-order valence-electron chi connectivity index (χ2n) is 21.9. The summed E-state index contributed by atoms with van der Waals surface area (Å²) in [6, 6.07) is -2.96. The number of rotatable bonds is 27. The molecule has 24 heteroatoms. The molecule has 3 heterocycles. The van der Waals surface area contributed by atoms with Crippen LogP contribution in [-0.4, -0.2) is 174 Å². The molecule has 0 spiro atoms. The summed E-state index contributed by atoms with van der Waals surface area (Å²) in [5, 5.41) is 23.9. The minimum absolute atomic E-state index is 0.0359. The molecular formula is C51H84N12O12. The van der Waals surface area contributed by atoms with Crippen LogP contribution >= 0.6 is 0 Å². The second-order valence-corrected chi connectivity index (χ2v) is 21.9. The smallest absolute Gasteiger partial charge is 0.276 e. The predicted octanol–water partition coefficient (Wildman–Crippen LogP) is -0.165. The maximum absolute atomic E-state index is 13.7. The van der Waals surface area contributed by atoms with E-state index in [0.29, 0.717) is 70.3 Å². The van der Waals surface area contributed by atoms with E-state index in [4.69, 9.17) is 9.15 Å². The van der Waals surface area contributed by atoms with Crippen molar-refractivity contribution in [3.8, 4) is 0 Å². The van der Waals surface area contributed by atoms with Crippen LogP contribution in [-0.2, 0) is 47.9 Å². The van der Waals surface area contributed by atoms with Crippen molar-refractivity contribution >= 4 is 59.1 Å². The van der Waals surface area contributed by atoms with Crippen LogP contribution in [0.1, 0.15) is 142 Å². The van der Waals surface area contributed by atoms with E-state index in [1.54, 1.807) is 6.92 Å². The molecule has 0 aromatic carbocycles. The van der Waals surface area contributed by atoms with Gasteiger partial charge in [-0.2, -0.15) is 0 Å². The number of oxazole rings is 1. The van der Waals surface area contributed by atoms with E-state index >= 15 is 0 Å². The largest absolute Gasteiger partial charge is 0.448 e. The van der Waals surface area contributed by atoms with Gasteiger partial charge in [-0.05, 0) is 85.5 Å². The number of aryl methyl sites for hydroxylation is 1. The highest BCUT2D eigenvalue weighted by atomic mass is 16.5. The van der Waals surface area contributed by atoms with Crippen LogP contribution in [0.4, 0.5) is 0 Å². The first-order chi connectivity index (χ1) is 35.3. The van der Waals surface area contributed by atoms with Crippen LogP contribution in [0.25, 0.3) is 0 Å². The third-order valence-corrected chi connectivity index (χ3v) is 13.6. The van der Waals surface area contributed by atoms with Crippen molar-refractivity contribution in [2.75, 3.05) is 65.6 Å². The highest BCUT2D eigenvalue weighted by molar-refractivity contribution is 6.00. The topological polar surface area (TPSA) is 321 Å². The molecule has 1 aliphatic carbocycles. The van der Waals surface area contributed by atoms with E-state index in [9.17, 15) is 47.9 Å². The van der Waals surface area contributed by atoms with Gasteiger partial charge in [0.2, 0.25) is 53.2 Å². The van der Waals surface area contributed by atoms with E-state index in [1.807, 2.05) is 13.8 Å². The number of carbonyl (C=O) groups is 10. The zero-order chi connectivity index (χ0) is 55.5. The zero-order valence-electron chi connectivity index (χ0n) is 45.6. The van der Waals surface area contributed by atoms with E-state index in [1.165, 1.54) is 52.7 Å². The van der Waals surface area contributed by atoms with Crippen molar-refractivity contribution in [3.05, 3.63) is 17.8 Å². The molecule has 3 aliphatic rings. The van der Waals surface area contributed by atoms with E-state index in [2.05, 4.69) is 57.7 Å². The SMILES string of the molecule is Cc1nc(C(=O)N2CCCC2C(=O)NC(CCC2CCCCC2)C(=O)NCC(=O)NC(C)(C)C(=O)NCC(=O)NC(CC(C)C)C(=O)NC(C)(C)C(=O)NC(C)(C)C(=O)NCCC(=O)NCCN2CCOCC2)co1. The molecule has 4 rings (SSSR count). The van der Waals surface area contributed by atoms with Gasteiger partial charge in [0.15, 0.2) is 11.6 Å². The molecule has 3 atom stereocenters. The summed E-state index contributed by atoms with van der Waals surface area (Å²) in [5.74, 6) is -5.29. The molecule has 1 saturated carbocycles. The zero-order valence-corrected chi connectivity index (χ0v) is 45.6. The molecule has 0 radical (unpaired) electrons. The van der Waals surface area contributed by atoms with Gasteiger partial charge in [0.25, 0.3) is 5.91 Å². The van der Waals surface area contributed by atoms with Crippen LogP contribution in [0.2, 0.25) is 0 Å². The fraction of sp³-hybridized carbons (Fsp3) is 0.745. The molecule has 24 nitrogen and oxygen atoms in total. The summed E-state index contributed by atoms with van der Waals surface area (Å²) < 4.78 is 10.5. The summed E-state index contributed by atoms with van der Waals surface area (Å²) in [6.45, 7) is 17.3. The third kappa shape index (κ3) is 20.1. The van der Waals surface area contributed by atoms with Crippen molar-refractivity contribution in [1.29, 1.82) is 0 Å². The maximum Gasteiger partial charge on any atom is 0.276 e. The fourth-order valence-electron chi connectivity index (χ4n) is 9.10. The van der Waals surface area contributed by atoms with Gasteiger partial charge >= 0.3 is 0 Å². The average molecular weight is 1060 g/mol. The van der Waals surface area contributed by atoms with Gasteiger partial charge in [-0.15, -0.1) is 0 Å². The molecule has 2 saturated heterocycles. The number of likely N-dealkylation sites (tertiary alicyclic amines) is 1. The Morgan fingerprint density at radius 3 is 1.96 bits per heavy atom. The number of hydrogen-bond acceptors (Lipinski definition) is 14. The number of ether oxygens (including phenoxy) is 1. The number of hydrogen-bond donors (Lipinski definition) is 9. The summed E-state index contributed by atoms with van der Waals surface area (Å²) in [4.78, 5) is 141. The van der Waals surface area contributed by atoms with Crippen molar-refractivity contribution in [1.82, 2.24) is 62.6 Å². The van der Waals surface area contributed by atoms with Gasteiger partial charge in [-0.1, -0.05) is 46.0 Å². The van der Waals surface area contributed by atoms with Crippen LogP contribution in [0.3, 0.4) is 0 Å². The quantitative estimate of drug-likeness (QED) is 0.0553. The van der Waals surface area contributed by atoms with Gasteiger partial charge in [-0.25, -0.2) is 4.98 Å². The normalized spacial score (nSPS) is 17.5. The van der Waals surface area contributed by atoms with E-state index in [-0.39, 0.29) is 36.9 Å². The Morgan fingerprint density at radius 2 is 1.31 bits per heavy atom. The number of nitrogens with one attached hydrogen (secondary N) is 9. The molecule has 0 bridgehead atoms. The molecule has 1 aromatic heterocycles. The fourth-order valence-corrected chi connectivity index (χ4v) is 9.10. The summed E-state index contributed by atoms with van der Waals surface area (Å²) in [6.07, 6.45) is 8.78. The summed E-state index contributed by atoms with van der Waals surface area (Å²) >= 11 is 0. The Labute approximate surface area is 440 Å². The Bertz CT molecular complexity index is 2170. The van der Waals surface area contributed by atoms with Crippen molar-refractivity contribution in [2.24, 2.45) is 11.8 Å². The van der Waals surface area contributed by atoms with Gasteiger partial charge in [0.1, 0.15) is 41.0 Å². The number of nitrogens with zero attached hydrogens (tertiary/aromatic N) is 3. The van der Waals surface area contributed by atoms with Crippen LogP contribution in [0.5, 0.6) is 0 Å². The molecule has 1 aromatic rings. The number of carbonyl (C=O) groups excluding carboxylic acids is 10. The Morgan fingerprint density at radius 1 is 0.667 bits per heavy atom. The van der Waals surface area contributed by atoms with Crippen molar-refractivity contribution in [2.45, 2.75) is 168 Å². The van der Waals surface area contributed by atoms with Gasteiger partial charge in [-0.3, -0.25) is 52.8 Å². The molecule has 3 unspecified atom stereocenters. The molecule has 9 N–H and O–H groups in total. The molecule has 75 heavy (non-hydrogen) atoms. The molecular weight excluding hydrogens is 973 g/mol. The first kappa shape index (κ1) is 61.4. The molecule has 420 valence electrons. The van der Waals surface area contributed by atoms with Crippen LogP contribution < -0.4 is 47.9 Å². The number of amides is 10. The second kappa shape index (κ2) is 28.7. The average Bonchev–Trinajstić information content (AvgIpc) is 4.03. The first-order valence-corrected chi connectivity index (χ1v) is 26.5. The first-order valence-electron chi connectivity index (χ1n) is 26.5. The van der Waals surface area contributed by atoms with E-state index in [0.717, 1.165) is 45.2 Å². The Hall–Kier alpha value is -6.17. The van der Waals surface area contributed by atoms with Gasteiger partial charge in [0.05, 0.1) is 26.3 Å². The molecule has 2 aliphatic heterocycles. The summed E-state index contributed by atoms with van der Waals surface area (Å²) in [5.41, 5.74) is -4.49. The number of morpholine rings is 1. The standard InChI is InChI=1S/C51H84N12O12/c1-32(2)28-36(43(68)60-51(8,9)48(73)61-50(6,7)46(71)53-20-19-39(64)52-21-23-62-24-26-74-27-25-62)57-40(65)29-55-47(72)49(4,5)59-41(66)30-54-42(67)35(18-17-34-14-11-10-12-15-34)58-44(69)38-16-13-22-63(38)45(70)37-31-75-33(3)56-37/h31-32,34-36,38H,10-30H2,1-9H3,(H,52,64)(H,53,71)(H,54,67)(H,55,72)(H,57,65)(H,58,69)(H,59,66)(H,60,68)(H,61,73). The van der Waals surface area contributed by atoms with Gasteiger partial charge in [0, 0.05) is 52.6 Å².